The largest absolute Gasteiger partial charge is 0.340 e. The highest BCUT2D eigenvalue weighted by molar-refractivity contribution is 5.26. The third kappa shape index (κ3) is 3.44. The summed E-state index contributed by atoms with van der Waals surface area (Å²) in [6.07, 6.45) is 4.89. The second-order valence-electron chi connectivity index (χ2n) is 5.41. The molecule has 3 heteroatoms. The van der Waals surface area contributed by atoms with Crippen molar-refractivity contribution in [2.75, 3.05) is 7.05 Å². The maximum atomic E-state index is 4.43. The lowest BCUT2D eigenvalue weighted by atomic mass is 9.98. The third-order valence-corrected chi connectivity index (χ3v) is 3.52. The lowest BCUT2D eigenvalue weighted by Crippen LogP contribution is -2.19. The number of nitrogens with one attached hydrogen (secondary N) is 1. The lowest BCUT2D eigenvalue weighted by Gasteiger charge is -2.14. The molecular weight excluding hydrogens is 234 g/mol. The zero-order valence-electron chi connectivity index (χ0n) is 12.2. The topological polar surface area (TPSA) is 29.9 Å². The number of hydrogen-bond donors (Lipinski definition) is 1. The Labute approximate surface area is 115 Å². The van der Waals surface area contributed by atoms with Crippen LogP contribution in [0.25, 0.3) is 0 Å². The quantitative estimate of drug-likeness (QED) is 0.892. The van der Waals surface area contributed by atoms with Crippen LogP contribution in [0.15, 0.2) is 36.8 Å². The molecule has 0 aliphatic heterocycles. The van der Waals surface area contributed by atoms with Crippen LogP contribution in [0.3, 0.4) is 0 Å². The summed E-state index contributed by atoms with van der Waals surface area (Å²) in [5.41, 5.74) is 3.83. The predicted octanol–water partition coefficient (Wildman–Crippen LogP) is 3.05. The summed E-state index contributed by atoms with van der Waals surface area (Å²) in [6, 6.07) is 9.17. The summed E-state index contributed by atoms with van der Waals surface area (Å²) >= 11 is 0. The second-order valence-corrected chi connectivity index (χ2v) is 5.41. The SMILES string of the molecule is CNC(Cc1ccc(C(C)C)cc1)c1cn(C)cn1. The molecule has 3 nitrogen and oxygen atoms in total. The van der Waals surface area contributed by atoms with Gasteiger partial charge in [0.1, 0.15) is 0 Å². The van der Waals surface area contributed by atoms with Gasteiger partial charge in [-0.1, -0.05) is 38.1 Å². The summed E-state index contributed by atoms with van der Waals surface area (Å²) < 4.78 is 1.99. The van der Waals surface area contributed by atoms with Gasteiger partial charge in [-0.3, -0.25) is 0 Å². The van der Waals surface area contributed by atoms with E-state index in [2.05, 4.69) is 54.6 Å². The zero-order valence-corrected chi connectivity index (χ0v) is 12.2. The van der Waals surface area contributed by atoms with Crippen molar-refractivity contribution in [2.45, 2.75) is 32.2 Å². The lowest BCUT2D eigenvalue weighted by molar-refractivity contribution is 0.578. The number of benzene rings is 1. The molecule has 0 saturated carbocycles. The minimum Gasteiger partial charge on any atom is -0.340 e. The van der Waals surface area contributed by atoms with Crippen LogP contribution in [0.4, 0.5) is 0 Å². The van der Waals surface area contributed by atoms with E-state index in [0.29, 0.717) is 5.92 Å². The zero-order chi connectivity index (χ0) is 13.8. The van der Waals surface area contributed by atoms with Gasteiger partial charge in [-0.2, -0.15) is 0 Å². The average molecular weight is 257 g/mol. The van der Waals surface area contributed by atoms with E-state index in [1.807, 2.05) is 25.0 Å². The molecular formula is C16H23N3. The molecule has 0 saturated heterocycles. The standard InChI is InChI=1S/C16H23N3/c1-12(2)14-7-5-13(6-8-14)9-15(17-3)16-10-19(4)11-18-16/h5-8,10-12,15,17H,9H2,1-4H3. The Bertz CT molecular complexity index is 511. The molecule has 0 radical (unpaired) electrons. The number of likely N-dealkylation sites (N-methyl/N-ethyl adjacent to an activating group) is 1. The molecule has 0 fully saturated rings. The first-order valence-corrected chi connectivity index (χ1v) is 6.84. The summed E-state index contributed by atoms with van der Waals surface area (Å²) in [6.45, 7) is 4.44. The summed E-state index contributed by atoms with van der Waals surface area (Å²) in [5, 5.41) is 3.34. The van der Waals surface area contributed by atoms with Crippen molar-refractivity contribution in [2.24, 2.45) is 7.05 Å². The Kier molecular flexibility index (Phi) is 4.38. The Morgan fingerprint density at radius 3 is 2.37 bits per heavy atom. The molecule has 1 aromatic carbocycles. The van der Waals surface area contributed by atoms with Crippen LogP contribution < -0.4 is 5.32 Å². The van der Waals surface area contributed by atoms with Gasteiger partial charge >= 0.3 is 0 Å². The van der Waals surface area contributed by atoms with Gasteiger partial charge in [0, 0.05) is 13.2 Å². The van der Waals surface area contributed by atoms with E-state index < -0.39 is 0 Å². The van der Waals surface area contributed by atoms with E-state index in [0.717, 1.165) is 12.1 Å². The fourth-order valence-electron chi connectivity index (χ4n) is 2.24. The van der Waals surface area contributed by atoms with Gasteiger partial charge in [-0.15, -0.1) is 0 Å². The molecule has 2 aromatic rings. The van der Waals surface area contributed by atoms with Crippen LogP contribution >= 0.6 is 0 Å². The van der Waals surface area contributed by atoms with Crippen LogP contribution in [0.2, 0.25) is 0 Å². The monoisotopic (exact) mass is 257 g/mol. The van der Waals surface area contributed by atoms with Crippen LogP contribution in [0, 0.1) is 0 Å². The smallest absolute Gasteiger partial charge is 0.0947 e. The summed E-state index contributed by atoms with van der Waals surface area (Å²) in [4.78, 5) is 4.43. The van der Waals surface area contributed by atoms with Gasteiger partial charge in [-0.05, 0) is 30.5 Å². The summed E-state index contributed by atoms with van der Waals surface area (Å²) in [7, 11) is 3.99. The Morgan fingerprint density at radius 2 is 1.89 bits per heavy atom. The minimum atomic E-state index is 0.270. The second kappa shape index (κ2) is 6.02. The van der Waals surface area contributed by atoms with Gasteiger partial charge in [0.2, 0.25) is 0 Å². The van der Waals surface area contributed by atoms with Crippen LogP contribution in [0.5, 0.6) is 0 Å². The minimum absolute atomic E-state index is 0.270. The molecule has 0 bridgehead atoms. The molecule has 1 atom stereocenters. The fourth-order valence-corrected chi connectivity index (χ4v) is 2.24. The number of rotatable bonds is 5. The Morgan fingerprint density at radius 1 is 1.21 bits per heavy atom. The molecule has 0 amide bonds. The van der Waals surface area contributed by atoms with Gasteiger partial charge in [0.25, 0.3) is 0 Å². The summed E-state index contributed by atoms with van der Waals surface area (Å²) in [5.74, 6) is 0.588. The third-order valence-electron chi connectivity index (χ3n) is 3.52. The highest BCUT2D eigenvalue weighted by Crippen LogP contribution is 2.19. The molecule has 1 N–H and O–H groups in total. The van der Waals surface area contributed by atoms with Gasteiger partial charge in [0.05, 0.1) is 18.1 Å². The van der Waals surface area contributed by atoms with E-state index in [9.17, 15) is 0 Å². The highest BCUT2D eigenvalue weighted by atomic mass is 15.0. The number of hydrogen-bond acceptors (Lipinski definition) is 2. The number of nitrogens with zero attached hydrogens (tertiary/aromatic N) is 2. The van der Waals surface area contributed by atoms with E-state index in [-0.39, 0.29) is 6.04 Å². The van der Waals surface area contributed by atoms with Crippen molar-refractivity contribution < 1.29 is 0 Å². The molecule has 1 unspecified atom stereocenters. The van der Waals surface area contributed by atoms with Crippen molar-refractivity contribution in [3.05, 3.63) is 53.6 Å². The van der Waals surface area contributed by atoms with Crippen molar-refractivity contribution >= 4 is 0 Å². The molecule has 102 valence electrons. The van der Waals surface area contributed by atoms with Crippen molar-refractivity contribution in [1.29, 1.82) is 0 Å². The number of aryl methyl sites for hydroxylation is 1. The van der Waals surface area contributed by atoms with Crippen molar-refractivity contribution in [1.82, 2.24) is 14.9 Å². The first-order chi connectivity index (χ1) is 9.10. The molecule has 1 heterocycles. The maximum Gasteiger partial charge on any atom is 0.0947 e. The number of imidazole rings is 1. The van der Waals surface area contributed by atoms with E-state index in [1.165, 1.54) is 11.1 Å². The van der Waals surface area contributed by atoms with Gasteiger partial charge < -0.3 is 9.88 Å². The Balaban J connectivity index is 2.10. The van der Waals surface area contributed by atoms with Crippen LogP contribution in [0.1, 0.15) is 42.6 Å². The van der Waals surface area contributed by atoms with Crippen LogP contribution in [-0.2, 0) is 13.5 Å². The first kappa shape index (κ1) is 13.8. The average Bonchev–Trinajstić information content (AvgIpc) is 2.83. The maximum absolute atomic E-state index is 4.43. The van der Waals surface area contributed by atoms with E-state index in [1.54, 1.807) is 0 Å². The highest BCUT2D eigenvalue weighted by Gasteiger charge is 2.12. The first-order valence-electron chi connectivity index (χ1n) is 6.84. The van der Waals surface area contributed by atoms with Gasteiger partial charge in [0.15, 0.2) is 0 Å². The fraction of sp³-hybridized carbons (Fsp3) is 0.438. The van der Waals surface area contributed by atoms with Crippen molar-refractivity contribution in [3.8, 4) is 0 Å². The predicted molar refractivity (Wildman–Crippen MR) is 79.2 cm³/mol. The van der Waals surface area contributed by atoms with Crippen LogP contribution in [-0.4, -0.2) is 16.6 Å². The van der Waals surface area contributed by atoms with E-state index >= 15 is 0 Å². The molecule has 0 aliphatic rings. The molecule has 0 spiro atoms. The Hall–Kier alpha value is -1.61. The van der Waals surface area contributed by atoms with Crippen molar-refractivity contribution in [3.63, 3.8) is 0 Å². The molecule has 0 aliphatic carbocycles. The number of aromatic nitrogens is 2. The normalized spacial score (nSPS) is 12.9. The van der Waals surface area contributed by atoms with Gasteiger partial charge in [-0.25, -0.2) is 4.98 Å². The molecule has 19 heavy (non-hydrogen) atoms. The molecule has 1 aromatic heterocycles. The molecule has 2 rings (SSSR count). The van der Waals surface area contributed by atoms with E-state index in [4.69, 9.17) is 0 Å².